The predicted molar refractivity (Wildman–Crippen MR) is 70.1 cm³/mol. The van der Waals surface area contributed by atoms with Crippen LogP contribution in [0.5, 0.6) is 0 Å². The van der Waals surface area contributed by atoms with Gasteiger partial charge in [-0.25, -0.2) is 4.98 Å². The normalized spacial score (nSPS) is 15.0. The van der Waals surface area contributed by atoms with Crippen molar-refractivity contribution in [1.82, 2.24) is 14.8 Å². The number of nitrogens with zero attached hydrogens (tertiary/aromatic N) is 3. The fourth-order valence-electron chi connectivity index (χ4n) is 2.21. The summed E-state index contributed by atoms with van der Waals surface area (Å²) < 4.78 is 1.90. The molecule has 1 aromatic heterocycles. The molecule has 4 nitrogen and oxygen atoms in total. The van der Waals surface area contributed by atoms with Crippen molar-refractivity contribution in [3.63, 3.8) is 0 Å². The number of benzene rings is 1. The summed E-state index contributed by atoms with van der Waals surface area (Å²) in [5, 5.41) is 4.50. The Hall–Kier alpha value is -1.68. The van der Waals surface area contributed by atoms with Crippen LogP contribution in [-0.2, 0) is 20.0 Å². The lowest BCUT2D eigenvalue weighted by molar-refractivity contribution is 0.705. The molecule has 0 unspecified atom stereocenters. The maximum Gasteiger partial charge on any atom is 0.154 e. The Morgan fingerprint density at radius 2 is 2.00 bits per heavy atom. The van der Waals surface area contributed by atoms with Gasteiger partial charge in [0.05, 0.1) is 0 Å². The highest BCUT2D eigenvalue weighted by Gasteiger charge is 2.28. The minimum Gasteiger partial charge on any atom is -0.326 e. The number of aryl methyl sites for hydroxylation is 1. The molecule has 0 atom stereocenters. The molecular formula is C14H18N4. The molecule has 0 amide bonds. The molecule has 1 heterocycles. The molecule has 4 heteroatoms. The fourth-order valence-corrected chi connectivity index (χ4v) is 2.21. The molecule has 1 saturated carbocycles. The predicted octanol–water partition coefficient (Wildman–Crippen LogP) is 1.74. The standard InChI is InChI=1S/C14H18N4/c1-18-13(16-14(17-18)10-6-7-10)8-11-4-2-3-5-12(11)9-15/h2-5,10H,6-9,15H2,1H3. The van der Waals surface area contributed by atoms with E-state index in [1.807, 2.05) is 23.9 Å². The van der Waals surface area contributed by atoms with Crippen molar-refractivity contribution in [2.24, 2.45) is 12.8 Å². The molecule has 0 spiro atoms. The van der Waals surface area contributed by atoms with Crippen LogP contribution in [0.1, 0.15) is 41.5 Å². The topological polar surface area (TPSA) is 56.7 Å². The first-order chi connectivity index (χ1) is 8.78. The molecule has 1 aromatic carbocycles. The van der Waals surface area contributed by atoms with E-state index in [1.54, 1.807) is 0 Å². The molecule has 2 N–H and O–H groups in total. The van der Waals surface area contributed by atoms with Gasteiger partial charge < -0.3 is 5.73 Å². The van der Waals surface area contributed by atoms with Gasteiger partial charge >= 0.3 is 0 Å². The minimum atomic E-state index is 0.573. The summed E-state index contributed by atoms with van der Waals surface area (Å²) in [5.74, 6) is 2.64. The van der Waals surface area contributed by atoms with Gasteiger partial charge in [0.1, 0.15) is 5.82 Å². The maximum absolute atomic E-state index is 5.76. The number of aromatic nitrogens is 3. The van der Waals surface area contributed by atoms with Gasteiger partial charge in [-0.1, -0.05) is 24.3 Å². The van der Waals surface area contributed by atoms with Gasteiger partial charge in [-0.2, -0.15) is 5.10 Å². The summed E-state index contributed by atoms with van der Waals surface area (Å²) in [5.41, 5.74) is 8.20. The van der Waals surface area contributed by atoms with Crippen molar-refractivity contribution in [3.8, 4) is 0 Å². The molecule has 0 aliphatic heterocycles. The summed E-state index contributed by atoms with van der Waals surface area (Å²) in [4.78, 5) is 4.65. The van der Waals surface area contributed by atoms with Crippen LogP contribution in [0, 0.1) is 0 Å². The number of hydrogen-bond donors (Lipinski definition) is 1. The fraction of sp³-hybridized carbons (Fsp3) is 0.429. The van der Waals surface area contributed by atoms with E-state index in [-0.39, 0.29) is 0 Å². The third-order valence-corrected chi connectivity index (χ3v) is 3.50. The summed E-state index contributed by atoms with van der Waals surface area (Å²) in [7, 11) is 1.97. The Labute approximate surface area is 107 Å². The summed E-state index contributed by atoms with van der Waals surface area (Å²) in [6.45, 7) is 0.573. The second kappa shape index (κ2) is 4.53. The van der Waals surface area contributed by atoms with Crippen LogP contribution in [0.3, 0.4) is 0 Å². The molecule has 1 aliphatic carbocycles. The molecule has 0 saturated heterocycles. The zero-order valence-electron chi connectivity index (χ0n) is 10.6. The van der Waals surface area contributed by atoms with E-state index in [9.17, 15) is 0 Å². The van der Waals surface area contributed by atoms with Crippen LogP contribution < -0.4 is 5.73 Å². The van der Waals surface area contributed by atoms with Crippen molar-refractivity contribution < 1.29 is 0 Å². The number of nitrogens with two attached hydrogens (primary N) is 1. The van der Waals surface area contributed by atoms with E-state index in [0.29, 0.717) is 12.5 Å². The van der Waals surface area contributed by atoms with Crippen molar-refractivity contribution in [2.75, 3.05) is 0 Å². The zero-order valence-corrected chi connectivity index (χ0v) is 10.6. The summed E-state index contributed by atoms with van der Waals surface area (Å²) in [6, 6.07) is 8.27. The molecule has 0 bridgehead atoms. The number of hydrogen-bond acceptors (Lipinski definition) is 3. The van der Waals surface area contributed by atoms with Gasteiger partial charge in [0.15, 0.2) is 5.82 Å². The summed E-state index contributed by atoms with van der Waals surface area (Å²) in [6.07, 6.45) is 3.29. The van der Waals surface area contributed by atoms with Crippen molar-refractivity contribution in [3.05, 3.63) is 47.0 Å². The molecule has 18 heavy (non-hydrogen) atoms. The van der Waals surface area contributed by atoms with Crippen molar-refractivity contribution in [1.29, 1.82) is 0 Å². The molecule has 0 radical (unpaired) electrons. The second-order valence-electron chi connectivity index (χ2n) is 4.93. The highest BCUT2D eigenvalue weighted by atomic mass is 15.3. The van der Waals surface area contributed by atoms with Crippen LogP contribution in [0.4, 0.5) is 0 Å². The largest absolute Gasteiger partial charge is 0.326 e. The highest BCUT2D eigenvalue weighted by Crippen LogP contribution is 2.38. The Balaban J connectivity index is 1.87. The van der Waals surface area contributed by atoms with E-state index in [1.165, 1.54) is 24.0 Å². The molecular weight excluding hydrogens is 224 g/mol. The van der Waals surface area contributed by atoms with Gasteiger partial charge in [0.25, 0.3) is 0 Å². The van der Waals surface area contributed by atoms with Gasteiger partial charge in [-0.3, -0.25) is 4.68 Å². The Kier molecular flexibility index (Phi) is 2.88. The van der Waals surface area contributed by atoms with Gasteiger partial charge in [0.2, 0.25) is 0 Å². The van der Waals surface area contributed by atoms with Crippen molar-refractivity contribution in [2.45, 2.75) is 31.7 Å². The van der Waals surface area contributed by atoms with Crippen molar-refractivity contribution >= 4 is 0 Å². The van der Waals surface area contributed by atoms with E-state index in [0.717, 1.165) is 18.1 Å². The Morgan fingerprint density at radius 1 is 1.28 bits per heavy atom. The summed E-state index contributed by atoms with van der Waals surface area (Å²) >= 11 is 0. The maximum atomic E-state index is 5.76. The third-order valence-electron chi connectivity index (χ3n) is 3.50. The van der Waals surface area contributed by atoms with Gasteiger partial charge in [-0.15, -0.1) is 0 Å². The van der Waals surface area contributed by atoms with E-state index >= 15 is 0 Å². The average Bonchev–Trinajstić information content (AvgIpc) is 3.17. The minimum absolute atomic E-state index is 0.573. The first-order valence-electron chi connectivity index (χ1n) is 6.44. The number of rotatable bonds is 4. The monoisotopic (exact) mass is 242 g/mol. The zero-order chi connectivity index (χ0) is 12.5. The smallest absolute Gasteiger partial charge is 0.154 e. The van der Waals surface area contributed by atoms with Crippen LogP contribution >= 0.6 is 0 Å². The quantitative estimate of drug-likeness (QED) is 0.888. The third kappa shape index (κ3) is 2.16. The highest BCUT2D eigenvalue weighted by molar-refractivity contribution is 5.29. The SMILES string of the molecule is Cn1nc(C2CC2)nc1Cc1ccccc1CN. The lowest BCUT2D eigenvalue weighted by Gasteiger charge is -2.06. The average molecular weight is 242 g/mol. The first kappa shape index (κ1) is 11.4. The van der Waals surface area contributed by atoms with E-state index in [2.05, 4.69) is 22.2 Å². The van der Waals surface area contributed by atoms with E-state index in [4.69, 9.17) is 5.73 Å². The van der Waals surface area contributed by atoms with Crippen LogP contribution in [0.25, 0.3) is 0 Å². The molecule has 1 fully saturated rings. The Morgan fingerprint density at radius 3 is 2.67 bits per heavy atom. The first-order valence-corrected chi connectivity index (χ1v) is 6.44. The van der Waals surface area contributed by atoms with Crippen LogP contribution in [0.2, 0.25) is 0 Å². The van der Waals surface area contributed by atoms with Crippen LogP contribution in [0.15, 0.2) is 24.3 Å². The molecule has 1 aliphatic rings. The lowest BCUT2D eigenvalue weighted by Crippen LogP contribution is -2.05. The van der Waals surface area contributed by atoms with Gasteiger partial charge in [-0.05, 0) is 24.0 Å². The lowest BCUT2D eigenvalue weighted by atomic mass is 10.0. The molecule has 94 valence electrons. The van der Waals surface area contributed by atoms with E-state index < -0.39 is 0 Å². The van der Waals surface area contributed by atoms with Crippen LogP contribution in [-0.4, -0.2) is 14.8 Å². The second-order valence-corrected chi connectivity index (χ2v) is 4.93. The molecule has 3 rings (SSSR count). The molecule has 2 aromatic rings. The van der Waals surface area contributed by atoms with Gasteiger partial charge in [0, 0.05) is 25.9 Å². The Bertz CT molecular complexity index is 555.